The second-order valence-corrected chi connectivity index (χ2v) is 16.2. The molecule has 11 rings (SSSR count). The number of fused-ring (bicyclic) bond motifs is 10. The first kappa shape index (κ1) is 30.6. The predicted molar refractivity (Wildman–Crippen MR) is 231 cm³/mol. The van der Waals surface area contributed by atoms with Gasteiger partial charge in [-0.25, -0.2) is 0 Å². The average Bonchev–Trinajstić information content (AvgIpc) is 3.71. The highest BCUT2D eigenvalue weighted by molar-refractivity contribution is 7.05. The van der Waals surface area contributed by atoms with Gasteiger partial charge in [-0.2, -0.15) is 0 Å². The van der Waals surface area contributed by atoms with Gasteiger partial charge >= 0.3 is 0 Å². The van der Waals surface area contributed by atoms with E-state index in [0.717, 1.165) is 11.1 Å². The lowest BCUT2D eigenvalue weighted by molar-refractivity contribution is 0.591. The van der Waals surface area contributed by atoms with Gasteiger partial charge in [0.2, 0.25) is 13.4 Å². The van der Waals surface area contributed by atoms with Gasteiger partial charge in [-0.05, 0) is 113 Å². The second kappa shape index (κ2) is 10.7. The summed E-state index contributed by atoms with van der Waals surface area (Å²) in [7, 11) is 0. The molecule has 0 saturated heterocycles. The summed E-state index contributed by atoms with van der Waals surface area (Å²) >= 11 is 0. The summed E-state index contributed by atoms with van der Waals surface area (Å²) in [5.74, 6) is 0. The summed E-state index contributed by atoms with van der Waals surface area (Å²) in [6.45, 7) is 15.4. The first-order valence-corrected chi connectivity index (χ1v) is 18.8. The van der Waals surface area contributed by atoms with Crippen LogP contribution in [-0.2, 0) is 5.41 Å². The SMILES string of the molecule is C=Cc1ccc(-c2ccc3c(c2)-c2cccc4c2B3c2cc(C(C)(C)C)cc3c2N4c2cc(-c4ccc(C=C)cc4)cc4c2B3c2ccccc2-4)cc1. The fraction of sp³-hybridized carbons (Fsp3) is 0.0800. The molecule has 0 atom stereocenters. The number of anilines is 3. The second-order valence-electron chi connectivity index (χ2n) is 16.2. The molecule has 0 fully saturated rings. The fourth-order valence-electron chi connectivity index (χ4n) is 9.78. The lowest BCUT2D eigenvalue weighted by Crippen LogP contribution is -2.63. The molecule has 0 bridgehead atoms. The molecule has 7 aromatic carbocycles. The van der Waals surface area contributed by atoms with Crippen molar-refractivity contribution in [2.75, 3.05) is 4.90 Å². The van der Waals surface area contributed by atoms with Gasteiger partial charge in [-0.15, -0.1) is 0 Å². The minimum Gasteiger partial charge on any atom is -0.312 e. The van der Waals surface area contributed by atoms with Crippen molar-refractivity contribution in [3.63, 3.8) is 0 Å². The Kier molecular flexibility index (Phi) is 6.20. The van der Waals surface area contributed by atoms with Crippen molar-refractivity contribution < 1.29 is 0 Å². The van der Waals surface area contributed by atoms with Gasteiger partial charge in [0.05, 0.1) is 0 Å². The van der Waals surface area contributed by atoms with Crippen LogP contribution in [-0.4, -0.2) is 13.4 Å². The van der Waals surface area contributed by atoms with Crippen molar-refractivity contribution in [3.8, 4) is 44.5 Å². The highest BCUT2D eigenvalue weighted by Crippen LogP contribution is 2.46. The molecule has 248 valence electrons. The van der Waals surface area contributed by atoms with Crippen LogP contribution in [0.5, 0.6) is 0 Å². The van der Waals surface area contributed by atoms with E-state index in [1.807, 2.05) is 12.2 Å². The third-order valence-electron chi connectivity index (χ3n) is 12.4. The highest BCUT2D eigenvalue weighted by atomic mass is 15.2. The molecular formula is C50H37B2N. The molecule has 3 heteroatoms. The average molecular weight is 673 g/mol. The van der Waals surface area contributed by atoms with E-state index in [0.29, 0.717) is 0 Å². The molecule has 4 aliphatic rings. The minimum absolute atomic E-state index is 0.0122. The number of benzene rings is 7. The number of hydrogen-bond acceptors (Lipinski definition) is 1. The summed E-state index contributed by atoms with van der Waals surface area (Å²) in [6.07, 6.45) is 3.83. The van der Waals surface area contributed by atoms with Crippen LogP contribution in [0.15, 0.2) is 147 Å². The summed E-state index contributed by atoms with van der Waals surface area (Å²) in [4.78, 5) is 2.65. The van der Waals surface area contributed by atoms with Gasteiger partial charge in [0, 0.05) is 17.1 Å². The number of hydrogen-bond donors (Lipinski definition) is 0. The maximum absolute atomic E-state index is 4.00. The summed E-state index contributed by atoms with van der Waals surface area (Å²) in [5.41, 5.74) is 26.5. The Morgan fingerprint density at radius 2 is 1.04 bits per heavy atom. The topological polar surface area (TPSA) is 3.24 Å². The third-order valence-corrected chi connectivity index (χ3v) is 12.4. The lowest BCUT2D eigenvalue weighted by atomic mass is 9.32. The Labute approximate surface area is 313 Å². The third kappa shape index (κ3) is 4.17. The molecule has 0 aliphatic carbocycles. The largest absolute Gasteiger partial charge is 0.312 e. The van der Waals surface area contributed by atoms with Gasteiger partial charge < -0.3 is 4.90 Å². The molecule has 1 nitrogen and oxygen atoms in total. The first-order valence-electron chi connectivity index (χ1n) is 18.8. The van der Waals surface area contributed by atoms with E-state index in [4.69, 9.17) is 0 Å². The van der Waals surface area contributed by atoms with Crippen molar-refractivity contribution in [1.82, 2.24) is 0 Å². The summed E-state index contributed by atoms with van der Waals surface area (Å²) in [6, 6.07) is 50.9. The quantitative estimate of drug-likeness (QED) is 0.169. The van der Waals surface area contributed by atoms with Crippen molar-refractivity contribution >= 4 is 75.4 Å². The van der Waals surface area contributed by atoms with Gasteiger partial charge in [0.25, 0.3) is 0 Å². The van der Waals surface area contributed by atoms with Crippen molar-refractivity contribution in [1.29, 1.82) is 0 Å². The minimum atomic E-state index is -0.0122. The molecule has 0 N–H and O–H groups in total. The van der Waals surface area contributed by atoms with Gasteiger partial charge in [-0.1, -0.05) is 166 Å². The van der Waals surface area contributed by atoms with Gasteiger partial charge in [0.15, 0.2) is 0 Å². The van der Waals surface area contributed by atoms with Crippen LogP contribution in [0.1, 0.15) is 37.5 Å². The van der Waals surface area contributed by atoms with E-state index in [-0.39, 0.29) is 18.8 Å². The standard InChI is InChI=1S/C50H37B2N/c1-6-30-15-19-32(20-16-30)34-23-24-42-39(25-34)38-12-10-14-45-47(38)52(42)44-29-36(50(3,4)5)28-43-49(44)53(45)46-27-35(33-21-17-31(7-2)18-22-33)26-40-37-11-8-9-13-41(37)51(43)48(40)46/h6-29H,1-2H2,3-5H3. The Bertz CT molecular complexity index is 2750. The van der Waals surface area contributed by atoms with E-state index < -0.39 is 0 Å². The molecule has 53 heavy (non-hydrogen) atoms. The zero-order valence-electron chi connectivity index (χ0n) is 30.4. The van der Waals surface area contributed by atoms with Crippen LogP contribution in [0.25, 0.3) is 56.7 Å². The van der Waals surface area contributed by atoms with Crippen LogP contribution in [0, 0.1) is 0 Å². The van der Waals surface area contributed by atoms with Gasteiger partial charge in [-0.3, -0.25) is 0 Å². The van der Waals surface area contributed by atoms with Crippen LogP contribution >= 0.6 is 0 Å². The van der Waals surface area contributed by atoms with Crippen molar-refractivity contribution in [2.45, 2.75) is 26.2 Å². The Morgan fingerprint density at radius 1 is 0.472 bits per heavy atom. The van der Waals surface area contributed by atoms with E-state index in [1.54, 1.807) is 0 Å². The van der Waals surface area contributed by atoms with Crippen LogP contribution in [0.2, 0.25) is 0 Å². The smallest absolute Gasteiger partial charge is 0.248 e. The molecule has 0 saturated carbocycles. The van der Waals surface area contributed by atoms with E-state index >= 15 is 0 Å². The predicted octanol–water partition coefficient (Wildman–Crippen LogP) is 8.69. The maximum Gasteiger partial charge on any atom is 0.248 e. The van der Waals surface area contributed by atoms with Crippen LogP contribution < -0.4 is 37.7 Å². The highest BCUT2D eigenvalue weighted by Gasteiger charge is 2.50. The molecule has 0 amide bonds. The molecule has 0 aromatic heterocycles. The zero-order chi connectivity index (χ0) is 35.7. The van der Waals surface area contributed by atoms with Crippen molar-refractivity contribution in [3.05, 3.63) is 163 Å². The van der Waals surface area contributed by atoms with E-state index in [1.165, 1.54) is 99.9 Å². The summed E-state index contributed by atoms with van der Waals surface area (Å²) < 4.78 is 0. The molecular weight excluding hydrogens is 636 g/mol. The Balaban J connectivity index is 1.21. The van der Waals surface area contributed by atoms with E-state index in [9.17, 15) is 0 Å². The van der Waals surface area contributed by atoms with Crippen LogP contribution in [0.3, 0.4) is 0 Å². The molecule has 0 spiro atoms. The fourth-order valence-corrected chi connectivity index (χ4v) is 9.78. The van der Waals surface area contributed by atoms with Crippen molar-refractivity contribution in [2.24, 2.45) is 0 Å². The molecule has 7 aromatic rings. The molecule has 4 aliphatic heterocycles. The van der Waals surface area contributed by atoms with Gasteiger partial charge in [0.1, 0.15) is 0 Å². The normalized spacial score (nSPS) is 13.6. The number of nitrogens with zero attached hydrogens (tertiary/aromatic N) is 1. The lowest BCUT2D eigenvalue weighted by Gasteiger charge is -2.43. The van der Waals surface area contributed by atoms with E-state index in [2.05, 4.69) is 172 Å². The number of rotatable bonds is 4. The molecule has 0 unspecified atom stereocenters. The maximum atomic E-state index is 4.00. The van der Waals surface area contributed by atoms with Crippen LogP contribution in [0.4, 0.5) is 17.1 Å². The monoisotopic (exact) mass is 673 g/mol. The Morgan fingerprint density at radius 3 is 1.70 bits per heavy atom. The Hall–Kier alpha value is -6.05. The molecule has 0 radical (unpaired) electrons. The first-order chi connectivity index (χ1) is 25.8. The zero-order valence-corrected chi connectivity index (χ0v) is 30.4. The summed E-state index contributed by atoms with van der Waals surface area (Å²) in [5, 5.41) is 0. The molecule has 4 heterocycles.